The standard InChI is InChI=1S/C19H26N4O3/c24-19(12-20-8-11-25-14-19)13-23-9-6-16(7-10-23)18-21-17(22-26-18)15-4-2-1-3-5-15/h1-5,16,20,24H,6-14H2. The van der Waals surface area contributed by atoms with Crippen LogP contribution in [0.25, 0.3) is 11.4 Å². The minimum Gasteiger partial charge on any atom is -0.385 e. The molecule has 0 radical (unpaired) electrons. The fourth-order valence-electron chi connectivity index (χ4n) is 3.74. The highest BCUT2D eigenvalue weighted by Gasteiger charge is 2.34. The van der Waals surface area contributed by atoms with Crippen molar-refractivity contribution >= 4 is 0 Å². The first kappa shape index (κ1) is 17.6. The molecule has 1 aromatic carbocycles. The number of β-amino-alcohol motifs (C(OH)–C–C–N with tert-alkyl or cyclic N) is 1. The van der Waals surface area contributed by atoms with E-state index in [9.17, 15) is 5.11 Å². The summed E-state index contributed by atoms with van der Waals surface area (Å²) in [6, 6.07) is 9.89. The Morgan fingerprint density at radius 1 is 1.23 bits per heavy atom. The fourth-order valence-corrected chi connectivity index (χ4v) is 3.74. The van der Waals surface area contributed by atoms with Crippen LogP contribution in [0.3, 0.4) is 0 Å². The number of nitrogens with zero attached hydrogens (tertiary/aromatic N) is 3. The normalized spacial score (nSPS) is 25.9. The Bertz CT molecular complexity index is 690. The number of likely N-dealkylation sites (tertiary alicyclic amines) is 1. The van der Waals surface area contributed by atoms with Crippen LogP contribution in [0.2, 0.25) is 0 Å². The largest absolute Gasteiger partial charge is 0.385 e. The monoisotopic (exact) mass is 358 g/mol. The summed E-state index contributed by atoms with van der Waals surface area (Å²) in [5.41, 5.74) is 0.164. The smallest absolute Gasteiger partial charge is 0.230 e. The maximum atomic E-state index is 10.7. The van der Waals surface area contributed by atoms with Crippen molar-refractivity contribution in [1.82, 2.24) is 20.4 Å². The molecule has 0 bridgehead atoms. The molecule has 2 aliphatic heterocycles. The van der Waals surface area contributed by atoms with Gasteiger partial charge in [-0.3, -0.25) is 0 Å². The minimum absolute atomic E-state index is 0.286. The quantitative estimate of drug-likeness (QED) is 0.851. The number of nitrogens with one attached hydrogen (secondary N) is 1. The lowest BCUT2D eigenvalue weighted by molar-refractivity contribution is -0.0523. The molecular formula is C19H26N4O3. The minimum atomic E-state index is -0.811. The maximum absolute atomic E-state index is 10.7. The lowest BCUT2D eigenvalue weighted by Crippen LogP contribution is -2.52. The van der Waals surface area contributed by atoms with Gasteiger partial charge in [-0.05, 0) is 25.9 Å². The highest BCUT2D eigenvalue weighted by Crippen LogP contribution is 2.29. The van der Waals surface area contributed by atoms with E-state index in [4.69, 9.17) is 9.26 Å². The maximum Gasteiger partial charge on any atom is 0.230 e. The molecule has 7 nitrogen and oxygen atoms in total. The number of rotatable bonds is 4. The molecule has 7 heteroatoms. The Morgan fingerprint density at radius 2 is 2.04 bits per heavy atom. The summed E-state index contributed by atoms with van der Waals surface area (Å²) < 4.78 is 11.0. The van der Waals surface area contributed by atoms with Crippen LogP contribution in [0.5, 0.6) is 0 Å². The van der Waals surface area contributed by atoms with Gasteiger partial charge in [-0.25, -0.2) is 0 Å². The van der Waals surface area contributed by atoms with Gasteiger partial charge in [0, 0.05) is 31.1 Å². The van der Waals surface area contributed by atoms with Gasteiger partial charge in [0.15, 0.2) is 0 Å². The van der Waals surface area contributed by atoms with Gasteiger partial charge in [0.1, 0.15) is 5.60 Å². The van der Waals surface area contributed by atoms with Crippen molar-refractivity contribution in [3.63, 3.8) is 0 Å². The zero-order chi connectivity index (χ0) is 17.8. The molecule has 1 atom stereocenters. The van der Waals surface area contributed by atoms with Crippen LogP contribution in [0.4, 0.5) is 0 Å². The molecule has 4 rings (SSSR count). The van der Waals surface area contributed by atoms with E-state index in [1.165, 1.54) is 0 Å². The molecule has 2 fully saturated rings. The summed E-state index contributed by atoms with van der Waals surface area (Å²) in [5, 5.41) is 18.1. The number of piperidine rings is 1. The molecule has 2 aliphatic rings. The van der Waals surface area contributed by atoms with Crippen LogP contribution in [-0.4, -0.2) is 71.7 Å². The van der Waals surface area contributed by atoms with Gasteiger partial charge in [-0.15, -0.1) is 0 Å². The second-order valence-electron chi connectivity index (χ2n) is 7.33. The molecule has 0 spiro atoms. The van der Waals surface area contributed by atoms with E-state index in [2.05, 4.69) is 20.4 Å². The molecule has 0 saturated carbocycles. The molecular weight excluding hydrogens is 332 g/mol. The molecule has 26 heavy (non-hydrogen) atoms. The first-order valence-corrected chi connectivity index (χ1v) is 9.34. The van der Waals surface area contributed by atoms with Crippen molar-refractivity contribution in [2.24, 2.45) is 0 Å². The summed E-state index contributed by atoms with van der Waals surface area (Å²) in [5.74, 6) is 1.66. The third kappa shape index (κ3) is 4.12. The number of ether oxygens (including phenoxy) is 1. The van der Waals surface area contributed by atoms with Crippen LogP contribution in [0, 0.1) is 0 Å². The van der Waals surface area contributed by atoms with Crippen LogP contribution < -0.4 is 5.32 Å². The summed E-state index contributed by atoms with van der Waals surface area (Å²) in [6.07, 6.45) is 1.92. The third-order valence-corrected chi connectivity index (χ3v) is 5.18. The van der Waals surface area contributed by atoms with Crippen molar-refractivity contribution in [3.8, 4) is 11.4 Å². The third-order valence-electron chi connectivity index (χ3n) is 5.18. The molecule has 1 unspecified atom stereocenters. The van der Waals surface area contributed by atoms with Crippen molar-refractivity contribution < 1.29 is 14.4 Å². The van der Waals surface area contributed by atoms with E-state index in [0.29, 0.717) is 32.1 Å². The first-order chi connectivity index (χ1) is 12.7. The molecule has 2 N–H and O–H groups in total. The van der Waals surface area contributed by atoms with E-state index < -0.39 is 5.60 Å². The Balaban J connectivity index is 1.33. The Kier molecular flexibility index (Phi) is 5.31. The van der Waals surface area contributed by atoms with Crippen molar-refractivity contribution in [2.45, 2.75) is 24.4 Å². The zero-order valence-electron chi connectivity index (χ0n) is 14.9. The summed E-state index contributed by atoms with van der Waals surface area (Å²) in [4.78, 5) is 6.90. The van der Waals surface area contributed by atoms with Gasteiger partial charge in [-0.1, -0.05) is 35.5 Å². The van der Waals surface area contributed by atoms with Gasteiger partial charge < -0.3 is 24.6 Å². The van der Waals surface area contributed by atoms with E-state index in [0.717, 1.165) is 43.9 Å². The Morgan fingerprint density at radius 3 is 2.85 bits per heavy atom. The average Bonchev–Trinajstić information content (AvgIpc) is 3.07. The predicted octanol–water partition coefficient (Wildman–Crippen LogP) is 1.27. The van der Waals surface area contributed by atoms with Gasteiger partial charge >= 0.3 is 0 Å². The second kappa shape index (κ2) is 7.84. The lowest BCUT2D eigenvalue weighted by atomic mass is 9.95. The van der Waals surface area contributed by atoms with Gasteiger partial charge in [0.25, 0.3) is 0 Å². The van der Waals surface area contributed by atoms with Crippen molar-refractivity contribution in [2.75, 3.05) is 45.9 Å². The van der Waals surface area contributed by atoms with Crippen LogP contribution in [0.1, 0.15) is 24.7 Å². The fraction of sp³-hybridized carbons (Fsp3) is 0.579. The molecule has 0 aliphatic carbocycles. The summed E-state index contributed by atoms with van der Waals surface area (Å²) in [6.45, 7) is 4.88. The average molecular weight is 358 g/mol. The molecule has 3 heterocycles. The molecule has 0 amide bonds. The van der Waals surface area contributed by atoms with Crippen LogP contribution in [-0.2, 0) is 4.74 Å². The van der Waals surface area contributed by atoms with Crippen molar-refractivity contribution in [1.29, 1.82) is 0 Å². The number of aromatic nitrogens is 2. The van der Waals surface area contributed by atoms with Gasteiger partial charge in [0.2, 0.25) is 11.7 Å². The van der Waals surface area contributed by atoms with E-state index in [1.807, 2.05) is 30.3 Å². The molecule has 2 saturated heterocycles. The predicted molar refractivity (Wildman–Crippen MR) is 96.8 cm³/mol. The Labute approximate surface area is 153 Å². The number of aliphatic hydroxyl groups is 1. The summed E-state index contributed by atoms with van der Waals surface area (Å²) in [7, 11) is 0. The van der Waals surface area contributed by atoms with Crippen LogP contribution >= 0.6 is 0 Å². The topological polar surface area (TPSA) is 83.7 Å². The van der Waals surface area contributed by atoms with E-state index in [-0.39, 0.29) is 5.92 Å². The molecule has 1 aromatic heterocycles. The van der Waals surface area contributed by atoms with Gasteiger partial charge in [0.05, 0.1) is 13.2 Å². The second-order valence-corrected chi connectivity index (χ2v) is 7.33. The van der Waals surface area contributed by atoms with Crippen LogP contribution in [0.15, 0.2) is 34.9 Å². The Hall–Kier alpha value is -1.80. The van der Waals surface area contributed by atoms with E-state index >= 15 is 0 Å². The highest BCUT2D eigenvalue weighted by atomic mass is 16.5. The molecule has 140 valence electrons. The first-order valence-electron chi connectivity index (χ1n) is 9.34. The summed E-state index contributed by atoms with van der Waals surface area (Å²) >= 11 is 0. The number of benzene rings is 1. The lowest BCUT2D eigenvalue weighted by Gasteiger charge is -2.36. The van der Waals surface area contributed by atoms with E-state index in [1.54, 1.807) is 0 Å². The zero-order valence-corrected chi connectivity index (χ0v) is 14.9. The molecule has 2 aromatic rings. The van der Waals surface area contributed by atoms with Gasteiger partial charge in [-0.2, -0.15) is 4.98 Å². The number of hydrogen-bond donors (Lipinski definition) is 2. The SMILES string of the molecule is OC1(CN2CCC(c3nc(-c4ccccc4)no3)CC2)CNCCOC1. The van der Waals surface area contributed by atoms with Crippen molar-refractivity contribution in [3.05, 3.63) is 36.2 Å². The highest BCUT2D eigenvalue weighted by molar-refractivity contribution is 5.53. The number of hydrogen-bond acceptors (Lipinski definition) is 7.